The van der Waals surface area contributed by atoms with Crippen LogP contribution in [0.5, 0.6) is 0 Å². The van der Waals surface area contributed by atoms with Gasteiger partial charge < -0.3 is 16.0 Å². The predicted octanol–water partition coefficient (Wildman–Crippen LogP) is 2.37. The molecule has 110 valence electrons. The average molecular weight is 340 g/mol. The second kappa shape index (κ2) is 7.09. The van der Waals surface area contributed by atoms with Crippen molar-refractivity contribution in [3.8, 4) is 0 Å². The Labute approximate surface area is 128 Å². The number of nitrogens with two attached hydrogens (primary N) is 1. The minimum absolute atomic E-state index is 0.400. The number of rotatable bonds is 5. The number of halogens is 1. The summed E-state index contributed by atoms with van der Waals surface area (Å²) in [7, 11) is 0. The molecule has 2 rings (SSSR count). The van der Waals surface area contributed by atoms with Gasteiger partial charge in [0.1, 0.15) is 0 Å². The molecular weight excluding hydrogens is 318 g/mol. The highest BCUT2D eigenvalue weighted by Crippen LogP contribution is 2.25. The minimum atomic E-state index is -0.400. The zero-order valence-electron chi connectivity index (χ0n) is 11.9. The van der Waals surface area contributed by atoms with Gasteiger partial charge in [0.15, 0.2) is 0 Å². The molecule has 1 aromatic carbocycles. The number of carbonyl (C=O) groups is 1. The number of benzene rings is 1. The minimum Gasteiger partial charge on any atom is -0.371 e. The molecule has 0 bridgehead atoms. The van der Waals surface area contributed by atoms with E-state index in [1.165, 1.54) is 12.8 Å². The molecule has 0 radical (unpaired) electrons. The summed E-state index contributed by atoms with van der Waals surface area (Å²) >= 11 is 3.43. The van der Waals surface area contributed by atoms with Crippen molar-refractivity contribution in [2.45, 2.75) is 19.8 Å². The molecule has 5 heteroatoms. The topological polar surface area (TPSA) is 58.4 Å². The lowest BCUT2D eigenvalue weighted by Crippen LogP contribution is -2.38. The fourth-order valence-electron chi connectivity index (χ4n) is 2.71. The summed E-state index contributed by atoms with van der Waals surface area (Å²) in [5, 5.41) is 3.45. The van der Waals surface area contributed by atoms with Gasteiger partial charge in [-0.3, -0.25) is 4.79 Å². The molecule has 3 N–H and O–H groups in total. The molecule has 1 heterocycles. The molecule has 0 saturated carbocycles. The number of carbonyl (C=O) groups excluding carboxylic acids is 1. The van der Waals surface area contributed by atoms with E-state index in [1.54, 1.807) is 6.07 Å². The van der Waals surface area contributed by atoms with E-state index in [0.29, 0.717) is 11.5 Å². The van der Waals surface area contributed by atoms with Gasteiger partial charge in [0.25, 0.3) is 0 Å². The molecule has 1 aromatic rings. The predicted molar refractivity (Wildman–Crippen MR) is 86.1 cm³/mol. The Morgan fingerprint density at radius 3 is 2.90 bits per heavy atom. The van der Waals surface area contributed by atoms with E-state index in [0.717, 1.165) is 36.3 Å². The third-order valence-corrected chi connectivity index (χ3v) is 4.50. The molecule has 1 fully saturated rings. The van der Waals surface area contributed by atoms with Crippen molar-refractivity contribution in [3.05, 3.63) is 28.2 Å². The van der Waals surface area contributed by atoms with Crippen LogP contribution >= 0.6 is 15.9 Å². The van der Waals surface area contributed by atoms with E-state index in [1.807, 2.05) is 12.1 Å². The Balaban J connectivity index is 2.10. The molecule has 1 aliphatic rings. The Kier molecular flexibility index (Phi) is 5.43. The lowest BCUT2D eigenvalue weighted by atomic mass is 9.99. The van der Waals surface area contributed by atoms with Gasteiger partial charge in [0.2, 0.25) is 5.91 Å². The van der Waals surface area contributed by atoms with Crippen LogP contribution in [0.3, 0.4) is 0 Å². The smallest absolute Gasteiger partial charge is 0.249 e. The fourth-order valence-corrected chi connectivity index (χ4v) is 3.27. The largest absolute Gasteiger partial charge is 0.371 e. The first-order valence-corrected chi connectivity index (χ1v) is 7.96. The molecule has 0 aliphatic carbocycles. The Morgan fingerprint density at radius 1 is 1.55 bits per heavy atom. The highest BCUT2D eigenvalue weighted by molar-refractivity contribution is 9.10. The number of nitrogens with zero attached hydrogens (tertiary/aromatic N) is 1. The molecule has 4 nitrogen and oxygen atoms in total. The van der Waals surface area contributed by atoms with Crippen molar-refractivity contribution >= 4 is 27.5 Å². The van der Waals surface area contributed by atoms with E-state index >= 15 is 0 Å². The Morgan fingerprint density at radius 2 is 2.35 bits per heavy atom. The number of hydrogen-bond donors (Lipinski definition) is 2. The van der Waals surface area contributed by atoms with E-state index in [2.05, 4.69) is 33.1 Å². The van der Waals surface area contributed by atoms with Crippen LogP contribution in [0.2, 0.25) is 0 Å². The van der Waals surface area contributed by atoms with Crippen LogP contribution in [0.15, 0.2) is 22.7 Å². The molecule has 20 heavy (non-hydrogen) atoms. The van der Waals surface area contributed by atoms with Gasteiger partial charge in [-0.25, -0.2) is 0 Å². The number of amides is 1. The van der Waals surface area contributed by atoms with Gasteiger partial charge in [-0.15, -0.1) is 0 Å². The van der Waals surface area contributed by atoms with Gasteiger partial charge in [-0.1, -0.05) is 0 Å². The van der Waals surface area contributed by atoms with Crippen LogP contribution in [-0.2, 0) is 0 Å². The summed E-state index contributed by atoms with van der Waals surface area (Å²) in [5.41, 5.74) is 7.00. The van der Waals surface area contributed by atoms with Crippen LogP contribution in [-0.4, -0.2) is 32.1 Å². The summed E-state index contributed by atoms with van der Waals surface area (Å²) in [5.74, 6) is 0.293. The van der Waals surface area contributed by atoms with Crippen molar-refractivity contribution in [2.24, 2.45) is 11.7 Å². The molecular formula is C15H22BrN3O. The van der Waals surface area contributed by atoms with E-state index in [-0.39, 0.29) is 0 Å². The zero-order valence-corrected chi connectivity index (χ0v) is 13.4. The lowest BCUT2D eigenvalue weighted by molar-refractivity contribution is 0.0999. The number of hydrogen-bond acceptors (Lipinski definition) is 3. The molecule has 1 saturated heterocycles. The molecule has 1 atom stereocenters. The van der Waals surface area contributed by atoms with Crippen LogP contribution in [0.1, 0.15) is 30.1 Å². The second-order valence-electron chi connectivity index (χ2n) is 5.28. The third-order valence-electron chi connectivity index (χ3n) is 3.84. The second-order valence-corrected chi connectivity index (χ2v) is 6.13. The SMILES string of the molecule is CCN(CC1CCCNC1)c1ccc(C(N)=O)c(Br)c1. The summed E-state index contributed by atoms with van der Waals surface area (Å²) in [6.45, 7) is 6.40. The summed E-state index contributed by atoms with van der Waals surface area (Å²) in [6, 6.07) is 5.76. The van der Waals surface area contributed by atoms with Crippen molar-refractivity contribution in [3.63, 3.8) is 0 Å². The van der Waals surface area contributed by atoms with Gasteiger partial charge in [0, 0.05) is 23.2 Å². The first-order chi connectivity index (χ1) is 9.61. The first-order valence-electron chi connectivity index (χ1n) is 7.16. The Bertz CT molecular complexity index is 472. The van der Waals surface area contributed by atoms with Crippen LogP contribution < -0.4 is 16.0 Å². The fraction of sp³-hybridized carbons (Fsp3) is 0.533. The maximum absolute atomic E-state index is 11.3. The van der Waals surface area contributed by atoms with Crippen LogP contribution in [0.25, 0.3) is 0 Å². The zero-order chi connectivity index (χ0) is 14.5. The van der Waals surface area contributed by atoms with Crippen molar-refractivity contribution in [2.75, 3.05) is 31.1 Å². The van der Waals surface area contributed by atoms with E-state index in [4.69, 9.17) is 5.73 Å². The maximum Gasteiger partial charge on any atom is 0.249 e. The van der Waals surface area contributed by atoms with E-state index < -0.39 is 5.91 Å². The number of anilines is 1. The first kappa shape index (κ1) is 15.3. The maximum atomic E-state index is 11.3. The molecule has 1 unspecified atom stereocenters. The van der Waals surface area contributed by atoms with E-state index in [9.17, 15) is 4.79 Å². The van der Waals surface area contributed by atoms with Crippen molar-refractivity contribution < 1.29 is 4.79 Å². The van der Waals surface area contributed by atoms with Crippen LogP contribution in [0, 0.1) is 5.92 Å². The molecule has 0 aromatic heterocycles. The Hall–Kier alpha value is -1.07. The monoisotopic (exact) mass is 339 g/mol. The quantitative estimate of drug-likeness (QED) is 0.865. The van der Waals surface area contributed by atoms with Crippen LogP contribution in [0.4, 0.5) is 5.69 Å². The van der Waals surface area contributed by atoms with Gasteiger partial charge in [-0.05, 0) is 72.9 Å². The summed E-state index contributed by atoms with van der Waals surface area (Å²) in [4.78, 5) is 13.6. The average Bonchev–Trinajstić information content (AvgIpc) is 2.45. The number of primary amides is 1. The van der Waals surface area contributed by atoms with Crippen molar-refractivity contribution in [1.82, 2.24) is 5.32 Å². The van der Waals surface area contributed by atoms with Crippen molar-refractivity contribution in [1.29, 1.82) is 0 Å². The van der Waals surface area contributed by atoms with Gasteiger partial charge >= 0.3 is 0 Å². The summed E-state index contributed by atoms with van der Waals surface area (Å²) in [6.07, 6.45) is 2.54. The summed E-state index contributed by atoms with van der Waals surface area (Å²) < 4.78 is 0.766. The molecule has 1 aliphatic heterocycles. The highest BCUT2D eigenvalue weighted by Gasteiger charge is 2.17. The standard InChI is InChI=1S/C15H22BrN3O/c1-2-19(10-11-4-3-7-18-9-11)12-5-6-13(15(17)20)14(16)8-12/h5-6,8,11,18H,2-4,7,9-10H2,1H3,(H2,17,20). The van der Waals surface area contributed by atoms with Gasteiger partial charge in [-0.2, -0.15) is 0 Å². The number of piperidine rings is 1. The highest BCUT2D eigenvalue weighted by atomic mass is 79.9. The molecule has 0 spiro atoms. The lowest BCUT2D eigenvalue weighted by Gasteiger charge is -2.31. The normalized spacial score (nSPS) is 18.8. The van der Waals surface area contributed by atoms with Gasteiger partial charge in [0.05, 0.1) is 5.56 Å². The number of nitrogens with one attached hydrogen (secondary N) is 1. The molecule has 1 amide bonds. The third kappa shape index (κ3) is 3.73.